The number of imidazole rings is 1. The van der Waals surface area contributed by atoms with Gasteiger partial charge in [-0.15, -0.1) is 0 Å². The second-order valence-electron chi connectivity index (χ2n) is 9.82. The van der Waals surface area contributed by atoms with Crippen molar-refractivity contribution in [2.75, 3.05) is 51.9 Å². The first kappa shape index (κ1) is 33.4. The first-order valence-corrected chi connectivity index (χ1v) is 14.5. The lowest BCUT2D eigenvalue weighted by Gasteiger charge is -2.00. The van der Waals surface area contributed by atoms with Gasteiger partial charge in [0.25, 0.3) is 0 Å². The van der Waals surface area contributed by atoms with Crippen molar-refractivity contribution < 1.29 is 9.53 Å². The molecule has 11 nitrogen and oxygen atoms in total. The molecule has 3 atom stereocenters. The molecule has 5 aliphatic heterocycles. The third kappa shape index (κ3) is 17.0. The van der Waals surface area contributed by atoms with E-state index in [1.807, 2.05) is 24.5 Å². The Labute approximate surface area is 232 Å². The summed E-state index contributed by atoms with van der Waals surface area (Å²) in [5.74, 6) is 5.35. The van der Waals surface area contributed by atoms with Crippen molar-refractivity contribution >= 4 is 36.3 Å². The van der Waals surface area contributed by atoms with Gasteiger partial charge in [-0.2, -0.15) is 27.1 Å². The highest BCUT2D eigenvalue weighted by atomic mass is 32.2. The van der Waals surface area contributed by atoms with Crippen LogP contribution >= 0.6 is 11.8 Å². The number of carbonyl (C=O) groups excluding carboxylic acids is 1. The van der Waals surface area contributed by atoms with Gasteiger partial charge in [0.2, 0.25) is 5.91 Å². The molecule has 2 fully saturated rings. The molecule has 0 bridgehead atoms. The second-order valence-corrected chi connectivity index (χ2v) is 11.0. The number of nitrogens with one attached hydrogen (secondary N) is 2. The number of hydrogen-bond acceptors (Lipinski definition) is 9. The average molecular weight is 553 g/mol. The van der Waals surface area contributed by atoms with Gasteiger partial charge in [-0.25, -0.2) is 9.80 Å². The van der Waals surface area contributed by atoms with Crippen LogP contribution < -0.4 is 11.1 Å². The van der Waals surface area contributed by atoms with E-state index < -0.39 is 0 Å². The molecular weight excluding hydrogens is 504 g/mol. The van der Waals surface area contributed by atoms with Crippen molar-refractivity contribution in [2.24, 2.45) is 40.1 Å². The van der Waals surface area contributed by atoms with Gasteiger partial charge >= 0.3 is 5.69 Å². The molecule has 2 N–H and O–H groups in total. The average Bonchev–Trinajstić information content (AvgIpc) is 3.71. The number of carbonyl (C=O) groups is 1. The standard InChI is InChI=1S/C5H10O.C5H10S.2C4H6N2O.2C4H8N2/c2*1-5-2-3-6-4-5;1-6-3-2-5-4(6)7;1-6-4(7)2-3-5-6;1-4-2-5-6-3-4;1-6-4-2-3-5-6/h2*5H,2-4H2,1H3;2-3H,1H3,(H,5,7);3H,2H2,1H3;2,4,6H,3H2,1H3;3H,2,4H2,1H3. The number of aromatic amines is 1. The molecular formula is C26H48N8O3S. The van der Waals surface area contributed by atoms with Gasteiger partial charge in [-0.05, 0) is 36.2 Å². The summed E-state index contributed by atoms with van der Waals surface area (Å²) in [5.41, 5.74) is 2.77. The van der Waals surface area contributed by atoms with Crippen LogP contribution in [0.15, 0.2) is 32.5 Å². The Bertz CT molecular complexity index is 855. The molecule has 2 saturated heterocycles. The largest absolute Gasteiger partial charge is 0.381 e. The predicted molar refractivity (Wildman–Crippen MR) is 159 cm³/mol. The van der Waals surface area contributed by atoms with Gasteiger partial charge < -0.3 is 24.7 Å². The van der Waals surface area contributed by atoms with Gasteiger partial charge in [0, 0.05) is 90.8 Å². The van der Waals surface area contributed by atoms with Crippen LogP contribution in [-0.4, -0.2) is 96.0 Å². The molecule has 3 unspecified atom stereocenters. The molecule has 5 aliphatic rings. The summed E-state index contributed by atoms with van der Waals surface area (Å²) >= 11 is 2.08. The summed E-state index contributed by atoms with van der Waals surface area (Å²) in [4.78, 5) is 23.2. The van der Waals surface area contributed by atoms with Crippen LogP contribution in [0.4, 0.5) is 0 Å². The van der Waals surface area contributed by atoms with Crippen molar-refractivity contribution in [3.8, 4) is 0 Å². The number of ether oxygens (including phenoxy) is 1. The van der Waals surface area contributed by atoms with Crippen molar-refractivity contribution in [1.82, 2.24) is 25.0 Å². The molecule has 1 aromatic rings. The Morgan fingerprint density at radius 2 is 1.84 bits per heavy atom. The number of amides is 1. The third-order valence-electron chi connectivity index (χ3n) is 5.72. The quantitative estimate of drug-likeness (QED) is 0.511. The third-order valence-corrected chi connectivity index (χ3v) is 7.04. The molecule has 0 saturated carbocycles. The molecule has 12 heteroatoms. The normalized spacial score (nSPS) is 24.1. The predicted octanol–water partition coefficient (Wildman–Crippen LogP) is 2.87. The minimum absolute atomic E-state index is 0.0694. The monoisotopic (exact) mass is 552 g/mol. The highest BCUT2D eigenvalue weighted by Gasteiger charge is 2.09. The van der Waals surface area contributed by atoms with Gasteiger partial charge in [0.15, 0.2) is 0 Å². The fourth-order valence-electron chi connectivity index (χ4n) is 3.06. The second kappa shape index (κ2) is 20.4. The highest BCUT2D eigenvalue weighted by molar-refractivity contribution is 7.99. The molecule has 0 aliphatic carbocycles. The van der Waals surface area contributed by atoms with Crippen LogP contribution in [-0.2, 0) is 16.6 Å². The summed E-state index contributed by atoms with van der Waals surface area (Å²) in [7, 11) is 5.31. The Morgan fingerprint density at radius 3 is 2.00 bits per heavy atom. The van der Waals surface area contributed by atoms with Crippen LogP contribution in [0, 0.1) is 17.8 Å². The molecule has 6 heterocycles. The van der Waals surface area contributed by atoms with E-state index in [4.69, 9.17) is 4.74 Å². The van der Waals surface area contributed by atoms with Gasteiger partial charge in [-0.1, -0.05) is 20.8 Å². The first-order valence-electron chi connectivity index (χ1n) is 13.3. The van der Waals surface area contributed by atoms with Crippen molar-refractivity contribution in [1.29, 1.82) is 0 Å². The molecule has 216 valence electrons. The Kier molecular flexibility index (Phi) is 17.9. The van der Waals surface area contributed by atoms with E-state index in [2.05, 4.69) is 58.2 Å². The van der Waals surface area contributed by atoms with Gasteiger partial charge in [-0.3, -0.25) is 4.79 Å². The zero-order valence-corrected chi connectivity index (χ0v) is 24.8. The fraction of sp³-hybridized carbons (Fsp3) is 0.731. The molecule has 0 aromatic carbocycles. The van der Waals surface area contributed by atoms with E-state index in [1.54, 1.807) is 32.7 Å². The lowest BCUT2D eigenvalue weighted by atomic mass is 10.2. The number of thioether (sulfide) groups is 1. The molecule has 1 amide bonds. The van der Waals surface area contributed by atoms with Crippen LogP contribution in [0.25, 0.3) is 0 Å². The number of hydrazone groups is 3. The lowest BCUT2D eigenvalue weighted by molar-refractivity contribution is -0.127. The zero-order valence-electron chi connectivity index (χ0n) is 24.0. The minimum atomic E-state index is -0.0694. The maximum absolute atomic E-state index is 10.4. The summed E-state index contributed by atoms with van der Waals surface area (Å²) in [6, 6.07) is 0. The van der Waals surface area contributed by atoms with Crippen molar-refractivity contribution in [3.05, 3.63) is 22.9 Å². The van der Waals surface area contributed by atoms with Crippen molar-refractivity contribution in [2.45, 2.75) is 46.5 Å². The maximum atomic E-state index is 10.4. The summed E-state index contributed by atoms with van der Waals surface area (Å²) in [6.07, 6.45) is 13.0. The van der Waals surface area contributed by atoms with E-state index in [0.29, 0.717) is 12.3 Å². The van der Waals surface area contributed by atoms with Crippen molar-refractivity contribution in [3.63, 3.8) is 0 Å². The summed E-state index contributed by atoms with van der Waals surface area (Å²) in [6.45, 7) is 10.7. The van der Waals surface area contributed by atoms with Gasteiger partial charge in [0.05, 0.1) is 6.42 Å². The van der Waals surface area contributed by atoms with E-state index in [9.17, 15) is 9.59 Å². The van der Waals surface area contributed by atoms with E-state index in [1.165, 1.54) is 33.9 Å². The van der Waals surface area contributed by atoms with E-state index in [-0.39, 0.29) is 11.6 Å². The summed E-state index contributed by atoms with van der Waals surface area (Å²) in [5, 5.41) is 14.7. The lowest BCUT2D eigenvalue weighted by Crippen LogP contribution is -2.13. The first-order chi connectivity index (χ1) is 18.2. The number of aromatic nitrogens is 2. The minimum Gasteiger partial charge on any atom is -0.381 e. The zero-order chi connectivity index (χ0) is 28.2. The number of rotatable bonds is 0. The number of aryl methyl sites for hydroxylation is 1. The molecule has 38 heavy (non-hydrogen) atoms. The fourth-order valence-corrected chi connectivity index (χ4v) is 4.37. The van der Waals surface area contributed by atoms with Crippen LogP contribution in [0.2, 0.25) is 0 Å². The SMILES string of the molecule is CC1C=NNC1.CC1CCOC1.CC1CCSC1.CN1CCC=N1.CN1N=CCC1=O.Cn1cc[nH]c1=O. The number of H-pyrrole nitrogens is 1. The molecule has 6 rings (SSSR count). The summed E-state index contributed by atoms with van der Waals surface area (Å²) < 4.78 is 6.53. The Hall–Kier alpha value is -2.60. The van der Waals surface area contributed by atoms with E-state index >= 15 is 0 Å². The highest BCUT2D eigenvalue weighted by Crippen LogP contribution is 2.21. The molecule has 1 aromatic heterocycles. The van der Waals surface area contributed by atoms with Gasteiger partial charge in [0.1, 0.15) is 0 Å². The smallest absolute Gasteiger partial charge is 0.325 e. The topological polar surface area (TPSA) is 120 Å². The molecule has 0 spiro atoms. The Morgan fingerprint density at radius 1 is 1.05 bits per heavy atom. The van der Waals surface area contributed by atoms with Crippen LogP contribution in [0.5, 0.6) is 0 Å². The number of hydrogen-bond donors (Lipinski definition) is 2. The maximum Gasteiger partial charge on any atom is 0.325 e. The van der Waals surface area contributed by atoms with Crippen LogP contribution in [0.1, 0.15) is 46.5 Å². The van der Waals surface area contributed by atoms with Crippen LogP contribution in [0.3, 0.4) is 0 Å². The Balaban J connectivity index is 0.000000228. The van der Waals surface area contributed by atoms with E-state index in [0.717, 1.165) is 44.6 Å². The molecule has 0 radical (unpaired) electrons. The number of nitrogens with zero attached hydrogens (tertiary/aromatic N) is 6.